The zero-order chi connectivity index (χ0) is 15.0. The van der Waals surface area contributed by atoms with Gasteiger partial charge in [0, 0.05) is 6.54 Å². The molecule has 3 rings (SSSR count). The molecular formula is C12H20N5O3S+. The van der Waals surface area contributed by atoms with E-state index in [1.54, 1.807) is 12.3 Å². The average Bonchev–Trinajstić information content (AvgIpc) is 3.09. The van der Waals surface area contributed by atoms with Crippen LogP contribution in [0.25, 0.3) is 0 Å². The average molecular weight is 314 g/mol. The van der Waals surface area contributed by atoms with Crippen molar-refractivity contribution in [2.24, 2.45) is 0 Å². The van der Waals surface area contributed by atoms with Gasteiger partial charge in [0.1, 0.15) is 24.1 Å². The second-order valence-electron chi connectivity index (χ2n) is 5.15. The van der Waals surface area contributed by atoms with Gasteiger partial charge in [-0.25, -0.2) is 4.58 Å². The van der Waals surface area contributed by atoms with Gasteiger partial charge in [-0.1, -0.05) is 0 Å². The Morgan fingerprint density at radius 3 is 2.95 bits per heavy atom. The number of H-pyrrole nitrogens is 1. The SMILES string of the molecule is CNC1=[N+](C)C2C(OC(CNc3ccn[nH]3)C(O)C2O)S1. The van der Waals surface area contributed by atoms with Gasteiger partial charge in [-0.05, 0) is 17.8 Å². The van der Waals surface area contributed by atoms with E-state index < -0.39 is 18.3 Å². The number of aromatic amines is 1. The minimum atomic E-state index is -0.944. The number of nitrogens with zero attached hydrogens (tertiary/aromatic N) is 2. The van der Waals surface area contributed by atoms with Gasteiger partial charge in [-0.15, -0.1) is 0 Å². The number of ether oxygens (including phenoxy) is 1. The molecule has 0 aromatic carbocycles. The van der Waals surface area contributed by atoms with Crippen LogP contribution in [0, 0.1) is 0 Å². The maximum atomic E-state index is 10.4. The highest BCUT2D eigenvalue weighted by Crippen LogP contribution is 2.34. The zero-order valence-electron chi connectivity index (χ0n) is 11.9. The monoisotopic (exact) mass is 314 g/mol. The van der Waals surface area contributed by atoms with Gasteiger partial charge < -0.3 is 20.3 Å². The fraction of sp³-hybridized carbons (Fsp3) is 0.667. The van der Waals surface area contributed by atoms with Gasteiger partial charge >= 0.3 is 5.17 Å². The van der Waals surface area contributed by atoms with Crippen molar-refractivity contribution >= 4 is 22.7 Å². The molecule has 2 aliphatic rings. The van der Waals surface area contributed by atoms with Gasteiger partial charge in [-0.2, -0.15) is 5.10 Å². The number of rotatable bonds is 3. The molecule has 3 heterocycles. The lowest BCUT2D eigenvalue weighted by Crippen LogP contribution is -2.59. The summed E-state index contributed by atoms with van der Waals surface area (Å²) in [6.07, 6.45) is -0.648. The molecule has 0 amide bonds. The molecule has 2 aliphatic heterocycles. The number of hydrogen-bond acceptors (Lipinski definition) is 7. The van der Waals surface area contributed by atoms with E-state index in [1.807, 2.05) is 18.7 Å². The number of nitrogens with one attached hydrogen (secondary N) is 3. The fourth-order valence-electron chi connectivity index (χ4n) is 2.72. The molecule has 0 saturated carbocycles. The molecule has 0 radical (unpaired) electrons. The molecule has 21 heavy (non-hydrogen) atoms. The van der Waals surface area contributed by atoms with Crippen LogP contribution in [0.4, 0.5) is 5.82 Å². The first-order valence-corrected chi connectivity index (χ1v) is 7.69. The predicted octanol–water partition coefficient (Wildman–Crippen LogP) is -1.40. The number of aliphatic hydroxyl groups excluding tert-OH is 2. The number of thioether (sulfide) groups is 1. The summed E-state index contributed by atoms with van der Waals surface area (Å²) in [5.74, 6) is 0.751. The molecule has 5 unspecified atom stereocenters. The summed E-state index contributed by atoms with van der Waals surface area (Å²) in [4.78, 5) is 0. The van der Waals surface area contributed by atoms with Crippen molar-refractivity contribution in [3.63, 3.8) is 0 Å². The Morgan fingerprint density at radius 2 is 2.29 bits per heavy atom. The number of anilines is 1. The Hall–Kier alpha value is -1.29. The van der Waals surface area contributed by atoms with Crippen LogP contribution >= 0.6 is 11.8 Å². The minimum Gasteiger partial charge on any atom is -0.387 e. The number of likely N-dealkylation sites (N-methyl/N-ethyl adjacent to an activating group) is 1. The lowest BCUT2D eigenvalue weighted by atomic mass is 9.97. The third kappa shape index (κ3) is 2.61. The van der Waals surface area contributed by atoms with Crippen molar-refractivity contribution in [1.29, 1.82) is 0 Å². The highest BCUT2D eigenvalue weighted by molar-refractivity contribution is 8.14. The molecule has 9 heteroatoms. The molecule has 0 spiro atoms. The van der Waals surface area contributed by atoms with E-state index in [0.29, 0.717) is 6.54 Å². The summed E-state index contributed by atoms with van der Waals surface area (Å²) in [6.45, 7) is 0.392. The molecule has 1 saturated heterocycles. The summed E-state index contributed by atoms with van der Waals surface area (Å²) in [5, 5.41) is 34.4. The first-order valence-electron chi connectivity index (χ1n) is 6.81. The van der Waals surface area contributed by atoms with Gasteiger partial charge in [-0.3, -0.25) is 10.4 Å². The molecule has 5 atom stereocenters. The zero-order valence-corrected chi connectivity index (χ0v) is 12.7. The number of aliphatic hydroxyl groups is 2. The van der Waals surface area contributed by atoms with Crippen LogP contribution in [0.3, 0.4) is 0 Å². The quantitative estimate of drug-likeness (QED) is 0.437. The fourth-order valence-corrected chi connectivity index (χ4v) is 4.03. The van der Waals surface area contributed by atoms with Crippen LogP contribution in [0.5, 0.6) is 0 Å². The number of amidine groups is 1. The summed E-state index contributed by atoms with van der Waals surface area (Å²) in [7, 11) is 3.71. The molecule has 1 aromatic rings. The Morgan fingerprint density at radius 1 is 1.48 bits per heavy atom. The second kappa shape index (κ2) is 5.84. The first kappa shape index (κ1) is 14.6. The van der Waals surface area contributed by atoms with Gasteiger partial charge in [0.2, 0.25) is 0 Å². The molecule has 1 fully saturated rings. The Bertz CT molecular complexity index is 523. The maximum absolute atomic E-state index is 10.4. The van der Waals surface area contributed by atoms with Crippen molar-refractivity contribution in [2.75, 3.05) is 26.0 Å². The van der Waals surface area contributed by atoms with Crippen molar-refractivity contribution < 1.29 is 19.5 Å². The van der Waals surface area contributed by atoms with Gasteiger partial charge in [0.15, 0.2) is 11.5 Å². The Kier molecular flexibility index (Phi) is 4.07. The first-order chi connectivity index (χ1) is 10.1. The maximum Gasteiger partial charge on any atom is 0.308 e. The number of fused-ring (bicyclic) bond motifs is 1. The molecule has 116 valence electrons. The Balaban J connectivity index is 1.67. The summed E-state index contributed by atoms with van der Waals surface area (Å²) in [6, 6.07) is 1.54. The number of hydrogen-bond donors (Lipinski definition) is 5. The summed E-state index contributed by atoms with van der Waals surface area (Å²) >= 11 is 1.53. The van der Waals surface area contributed by atoms with Crippen LogP contribution < -0.4 is 10.6 Å². The van der Waals surface area contributed by atoms with E-state index in [4.69, 9.17) is 4.74 Å². The third-order valence-electron chi connectivity index (χ3n) is 3.87. The number of aromatic nitrogens is 2. The minimum absolute atomic E-state index is 0.204. The predicted molar refractivity (Wildman–Crippen MR) is 79.4 cm³/mol. The van der Waals surface area contributed by atoms with Gasteiger partial charge in [0.25, 0.3) is 0 Å². The van der Waals surface area contributed by atoms with Crippen LogP contribution in [0.15, 0.2) is 12.3 Å². The molecular weight excluding hydrogens is 294 g/mol. The van der Waals surface area contributed by atoms with E-state index in [2.05, 4.69) is 20.8 Å². The Labute approximate surface area is 126 Å². The van der Waals surface area contributed by atoms with Crippen LogP contribution in [-0.2, 0) is 4.74 Å². The molecule has 0 aliphatic carbocycles. The lowest BCUT2D eigenvalue weighted by molar-refractivity contribution is -0.560. The second-order valence-corrected chi connectivity index (χ2v) is 6.24. The van der Waals surface area contributed by atoms with E-state index in [0.717, 1.165) is 11.0 Å². The van der Waals surface area contributed by atoms with Crippen molar-refractivity contribution in [2.45, 2.75) is 29.8 Å². The molecule has 1 aromatic heterocycles. The van der Waals surface area contributed by atoms with Gasteiger partial charge in [0.05, 0.1) is 20.3 Å². The van der Waals surface area contributed by atoms with E-state index in [9.17, 15) is 10.2 Å². The van der Waals surface area contributed by atoms with E-state index in [-0.39, 0.29) is 11.5 Å². The highest BCUT2D eigenvalue weighted by atomic mass is 32.2. The van der Waals surface area contributed by atoms with Crippen LogP contribution in [-0.4, -0.2) is 80.6 Å². The van der Waals surface area contributed by atoms with Crippen LogP contribution in [0.1, 0.15) is 0 Å². The smallest absolute Gasteiger partial charge is 0.308 e. The van der Waals surface area contributed by atoms with Crippen molar-refractivity contribution in [3.05, 3.63) is 12.3 Å². The lowest BCUT2D eigenvalue weighted by Gasteiger charge is -2.38. The molecule has 8 nitrogen and oxygen atoms in total. The normalized spacial score (nSPS) is 35.7. The van der Waals surface area contributed by atoms with Crippen LogP contribution in [0.2, 0.25) is 0 Å². The van der Waals surface area contributed by atoms with E-state index in [1.165, 1.54) is 11.8 Å². The van der Waals surface area contributed by atoms with Crippen molar-refractivity contribution in [3.8, 4) is 0 Å². The summed E-state index contributed by atoms with van der Waals surface area (Å²) in [5.41, 5.74) is -0.204. The standard InChI is InChI=1S/C12H19N5O3S/c1-13-12-17(2)8-10(19)9(18)6(20-11(8)21-12)5-14-7-3-4-15-16-7/h3-4,6,8-11,18-19H,5H2,1-2H3,(H2,14,15,16)/p+1. The third-order valence-corrected chi connectivity index (χ3v) is 5.21. The topological polar surface area (TPSA) is 105 Å². The highest BCUT2D eigenvalue weighted by Gasteiger charge is 2.52. The van der Waals surface area contributed by atoms with E-state index >= 15 is 0 Å². The summed E-state index contributed by atoms with van der Waals surface area (Å²) < 4.78 is 7.87. The van der Waals surface area contributed by atoms with Crippen molar-refractivity contribution in [1.82, 2.24) is 15.5 Å². The molecule has 0 bridgehead atoms. The molecule has 5 N–H and O–H groups in total. The largest absolute Gasteiger partial charge is 0.387 e.